The number of hydrogen-bond acceptors (Lipinski definition) is 4. The van der Waals surface area contributed by atoms with Crippen molar-refractivity contribution in [2.24, 2.45) is 0 Å². The van der Waals surface area contributed by atoms with Crippen LogP contribution in [0.1, 0.15) is 0 Å². The van der Waals surface area contributed by atoms with Crippen molar-refractivity contribution >= 4 is 33.2 Å². The Hall–Kier alpha value is -2.25. The van der Waals surface area contributed by atoms with Crippen LogP contribution in [0.2, 0.25) is 5.02 Å². The molecule has 1 aliphatic rings. The molecule has 2 aromatic rings. The third-order valence-corrected chi connectivity index (χ3v) is 6.51. The molecular formula is C17H17ClN2O4S. The standard InChI is InChI=1S/C17H17ClN2O4S/c1-24-12-6-8-13(9-7-12)25(22,23)14-10-20(11-14)17(21)19-16-5-3-2-4-15(16)18/h2-9,14H,10-11H2,1H3,(H,19,21). The highest BCUT2D eigenvalue weighted by atomic mass is 35.5. The lowest BCUT2D eigenvalue weighted by molar-refractivity contribution is 0.182. The second kappa shape index (κ2) is 6.93. The first-order chi connectivity index (χ1) is 11.9. The van der Waals surface area contributed by atoms with Crippen molar-refractivity contribution in [3.05, 3.63) is 53.6 Å². The molecule has 0 saturated carbocycles. The van der Waals surface area contributed by atoms with Crippen LogP contribution in [0.15, 0.2) is 53.4 Å². The predicted octanol–water partition coefficient (Wildman–Crippen LogP) is 3.04. The summed E-state index contributed by atoms with van der Waals surface area (Å²) in [5.74, 6) is 0.591. The van der Waals surface area contributed by atoms with E-state index in [1.54, 1.807) is 36.4 Å². The van der Waals surface area contributed by atoms with E-state index in [0.717, 1.165) is 0 Å². The number of rotatable bonds is 4. The molecule has 0 unspecified atom stereocenters. The Morgan fingerprint density at radius 1 is 1.16 bits per heavy atom. The van der Waals surface area contributed by atoms with Crippen molar-refractivity contribution in [3.63, 3.8) is 0 Å². The van der Waals surface area contributed by atoms with E-state index in [4.69, 9.17) is 16.3 Å². The van der Waals surface area contributed by atoms with Crippen LogP contribution in [-0.2, 0) is 9.84 Å². The molecule has 25 heavy (non-hydrogen) atoms. The van der Waals surface area contributed by atoms with Crippen LogP contribution in [0.4, 0.5) is 10.5 Å². The van der Waals surface area contributed by atoms with Gasteiger partial charge in [0.1, 0.15) is 11.0 Å². The van der Waals surface area contributed by atoms with Gasteiger partial charge in [-0.15, -0.1) is 0 Å². The smallest absolute Gasteiger partial charge is 0.321 e. The molecule has 0 radical (unpaired) electrons. The van der Waals surface area contributed by atoms with Crippen LogP contribution in [-0.4, -0.2) is 44.8 Å². The molecule has 2 amide bonds. The maximum atomic E-state index is 12.6. The van der Waals surface area contributed by atoms with Gasteiger partial charge in [0.2, 0.25) is 0 Å². The Kier molecular flexibility index (Phi) is 4.87. The van der Waals surface area contributed by atoms with Crippen LogP contribution < -0.4 is 10.1 Å². The summed E-state index contributed by atoms with van der Waals surface area (Å²) in [7, 11) is -1.96. The molecule has 1 saturated heterocycles. The second-order valence-corrected chi connectivity index (χ2v) is 8.29. The molecule has 1 heterocycles. The fourth-order valence-corrected chi connectivity index (χ4v) is 4.35. The number of para-hydroxylation sites is 1. The summed E-state index contributed by atoms with van der Waals surface area (Å²) in [6.07, 6.45) is 0. The third kappa shape index (κ3) is 3.57. The Morgan fingerprint density at radius 3 is 2.40 bits per heavy atom. The molecule has 6 nitrogen and oxygen atoms in total. The highest BCUT2D eigenvalue weighted by Crippen LogP contribution is 2.27. The molecule has 0 spiro atoms. The van der Waals surface area contributed by atoms with E-state index in [2.05, 4.69) is 5.32 Å². The van der Waals surface area contributed by atoms with E-state index in [-0.39, 0.29) is 24.0 Å². The number of urea groups is 1. The zero-order chi connectivity index (χ0) is 18.0. The number of sulfone groups is 1. The fraction of sp³-hybridized carbons (Fsp3) is 0.235. The Morgan fingerprint density at radius 2 is 1.80 bits per heavy atom. The Bertz CT molecular complexity index is 878. The van der Waals surface area contributed by atoms with E-state index < -0.39 is 15.1 Å². The quantitative estimate of drug-likeness (QED) is 0.884. The number of ether oxygens (including phenoxy) is 1. The molecular weight excluding hydrogens is 364 g/mol. The average molecular weight is 381 g/mol. The first kappa shape index (κ1) is 17.6. The SMILES string of the molecule is COc1ccc(S(=O)(=O)C2CN(C(=O)Nc3ccccc3Cl)C2)cc1. The first-order valence-electron chi connectivity index (χ1n) is 7.60. The van der Waals surface area contributed by atoms with Gasteiger partial charge in [-0.05, 0) is 36.4 Å². The van der Waals surface area contributed by atoms with Gasteiger partial charge in [0.25, 0.3) is 0 Å². The van der Waals surface area contributed by atoms with Crippen LogP contribution in [0.3, 0.4) is 0 Å². The number of nitrogens with zero attached hydrogens (tertiary/aromatic N) is 1. The molecule has 1 aliphatic heterocycles. The topological polar surface area (TPSA) is 75.7 Å². The molecule has 3 rings (SSSR count). The van der Waals surface area contributed by atoms with Crippen molar-refractivity contribution in [2.45, 2.75) is 10.1 Å². The highest BCUT2D eigenvalue weighted by Gasteiger charge is 2.40. The molecule has 0 aliphatic carbocycles. The lowest BCUT2D eigenvalue weighted by Crippen LogP contribution is -2.58. The van der Waals surface area contributed by atoms with E-state index >= 15 is 0 Å². The summed E-state index contributed by atoms with van der Waals surface area (Å²) >= 11 is 6.00. The maximum Gasteiger partial charge on any atom is 0.321 e. The lowest BCUT2D eigenvalue weighted by atomic mass is 10.2. The fourth-order valence-electron chi connectivity index (χ4n) is 2.51. The largest absolute Gasteiger partial charge is 0.497 e. The van der Waals surface area contributed by atoms with Gasteiger partial charge in [-0.1, -0.05) is 23.7 Å². The van der Waals surface area contributed by atoms with Crippen molar-refractivity contribution in [1.29, 1.82) is 0 Å². The Balaban J connectivity index is 1.63. The minimum Gasteiger partial charge on any atom is -0.497 e. The van der Waals surface area contributed by atoms with Crippen molar-refractivity contribution in [1.82, 2.24) is 4.90 Å². The summed E-state index contributed by atoms with van der Waals surface area (Å²) < 4.78 is 30.2. The third-order valence-electron chi connectivity index (χ3n) is 4.08. The van der Waals surface area contributed by atoms with E-state index in [1.807, 2.05) is 0 Å². The number of likely N-dealkylation sites (tertiary alicyclic amines) is 1. The van der Waals surface area contributed by atoms with Crippen LogP contribution in [0.25, 0.3) is 0 Å². The molecule has 1 fully saturated rings. The minimum atomic E-state index is -3.48. The normalized spacial score (nSPS) is 14.7. The number of anilines is 1. The summed E-state index contributed by atoms with van der Waals surface area (Å²) in [6.45, 7) is 0.287. The second-order valence-electron chi connectivity index (χ2n) is 5.66. The van der Waals surface area contributed by atoms with Gasteiger partial charge in [0.15, 0.2) is 9.84 Å². The highest BCUT2D eigenvalue weighted by molar-refractivity contribution is 7.92. The predicted molar refractivity (Wildman–Crippen MR) is 96.0 cm³/mol. The van der Waals surface area contributed by atoms with Gasteiger partial charge >= 0.3 is 6.03 Å². The molecule has 2 aromatic carbocycles. The monoisotopic (exact) mass is 380 g/mol. The lowest BCUT2D eigenvalue weighted by Gasteiger charge is -2.38. The molecule has 8 heteroatoms. The van der Waals surface area contributed by atoms with Crippen molar-refractivity contribution < 1.29 is 17.9 Å². The number of carbonyl (C=O) groups is 1. The number of amides is 2. The van der Waals surface area contributed by atoms with Crippen molar-refractivity contribution in [2.75, 3.05) is 25.5 Å². The van der Waals surface area contributed by atoms with E-state index in [9.17, 15) is 13.2 Å². The zero-order valence-corrected chi connectivity index (χ0v) is 15.0. The number of benzene rings is 2. The molecule has 1 N–H and O–H groups in total. The van der Waals surface area contributed by atoms with Gasteiger partial charge in [-0.3, -0.25) is 0 Å². The van der Waals surface area contributed by atoms with Crippen LogP contribution in [0, 0.1) is 0 Å². The van der Waals surface area contributed by atoms with Gasteiger partial charge in [0.05, 0.1) is 22.7 Å². The molecule has 0 bridgehead atoms. The van der Waals surface area contributed by atoms with Gasteiger partial charge in [0, 0.05) is 13.1 Å². The van der Waals surface area contributed by atoms with Gasteiger partial charge in [-0.2, -0.15) is 0 Å². The first-order valence-corrected chi connectivity index (χ1v) is 9.52. The maximum absolute atomic E-state index is 12.6. The molecule has 0 atom stereocenters. The van der Waals surface area contributed by atoms with Crippen LogP contribution in [0.5, 0.6) is 5.75 Å². The van der Waals surface area contributed by atoms with Gasteiger partial charge < -0.3 is 15.0 Å². The Labute approximate surface area is 151 Å². The van der Waals surface area contributed by atoms with E-state index in [1.165, 1.54) is 24.1 Å². The zero-order valence-electron chi connectivity index (χ0n) is 13.5. The van der Waals surface area contributed by atoms with E-state index in [0.29, 0.717) is 16.5 Å². The van der Waals surface area contributed by atoms with Crippen LogP contribution >= 0.6 is 11.6 Å². The molecule has 132 valence electrons. The van der Waals surface area contributed by atoms with Crippen molar-refractivity contribution in [3.8, 4) is 5.75 Å². The average Bonchev–Trinajstić information content (AvgIpc) is 2.55. The molecule has 0 aromatic heterocycles. The summed E-state index contributed by atoms with van der Waals surface area (Å²) in [6, 6.07) is 12.8. The minimum absolute atomic E-state index is 0.144. The summed E-state index contributed by atoms with van der Waals surface area (Å²) in [5.41, 5.74) is 0.496. The number of hydrogen-bond donors (Lipinski definition) is 1. The number of halogens is 1. The summed E-state index contributed by atoms with van der Waals surface area (Å²) in [4.78, 5) is 13.9. The number of carbonyl (C=O) groups excluding carboxylic acids is 1. The van der Waals surface area contributed by atoms with Gasteiger partial charge in [-0.25, -0.2) is 13.2 Å². The number of methoxy groups -OCH3 is 1. The number of nitrogens with one attached hydrogen (secondary N) is 1. The summed E-state index contributed by atoms with van der Waals surface area (Å²) in [5, 5.41) is 2.50.